The number of amides is 3. The Morgan fingerprint density at radius 2 is 1.97 bits per heavy atom. The molecule has 1 saturated heterocycles. The Balaban J connectivity index is 1.93. The Morgan fingerprint density at radius 1 is 1.19 bits per heavy atom. The molecule has 1 aromatic carbocycles. The van der Waals surface area contributed by atoms with Crippen molar-refractivity contribution in [1.29, 1.82) is 0 Å². The van der Waals surface area contributed by atoms with Crippen LogP contribution in [0.4, 0.5) is 5.69 Å². The number of hydrogen-bond acceptors (Lipinski definition) is 6. The molecule has 1 aliphatic rings. The molecule has 0 aliphatic carbocycles. The second-order valence-corrected chi connectivity index (χ2v) is 7.79. The summed E-state index contributed by atoms with van der Waals surface area (Å²) in [6.45, 7) is 5.78. The Kier molecular flexibility index (Phi) is 10.7. The Morgan fingerprint density at radius 3 is 2.72 bits per heavy atom. The molecular weight excluding hydrogens is 412 g/mol. The quantitative estimate of drug-likeness (QED) is 0.332. The SMILES string of the molecule is CCCCNC(=O)c1cccc(NC(=O)CN2CCNC(=O)C2CC(=O)OCCCC)c1. The lowest BCUT2D eigenvalue weighted by Crippen LogP contribution is -2.57. The van der Waals surface area contributed by atoms with Gasteiger partial charge in [-0.25, -0.2) is 0 Å². The standard InChI is InChI=1S/C23H34N4O5/c1-3-5-10-24-22(30)17-8-7-9-18(14-17)26-20(28)16-27-12-11-25-23(31)19(27)15-21(29)32-13-6-4-2/h7-9,14,19H,3-6,10-13,15-16H2,1-2H3,(H,24,30)(H,25,31)(H,26,28). The second-order valence-electron chi connectivity index (χ2n) is 7.79. The van der Waals surface area contributed by atoms with Gasteiger partial charge in [0.05, 0.1) is 19.6 Å². The van der Waals surface area contributed by atoms with Crippen LogP contribution >= 0.6 is 0 Å². The summed E-state index contributed by atoms with van der Waals surface area (Å²) < 4.78 is 5.17. The summed E-state index contributed by atoms with van der Waals surface area (Å²) in [7, 11) is 0. The minimum absolute atomic E-state index is 0.0484. The number of rotatable bonds is 12. The average Bonchev–Trinajstić information content (AvgIpc) is 2.76. The van der Waals surface area contributed by atoms with Crippen LogP contribution in [0.25, 0.3) is 0 Å². The van der Waals surface area contributed by atoms with Crippen LogP contribution in [-0.4, -0.2) is 67.4 Å². The molecule has 0 aromatic heterocycles. The summed E-state index contributed by atoms with van der Waals surface area (Å²) in [4.78, 5) is 50.9. The van der Waals surface area contributed by atoms with Gasteiger partial charge in [0.1, 0.15) is 6.04 Å². The van der Waals surface area contributed by atoms with Crippen molar-refractivity contribution in [3.63, 3.8) is 0 Å². The third-order valence-corrected chi connectivity index (χ3v) is 5.13. The van der Waals surface area contributed by atoms with Crippen molar-refractivity contribution in [2.45, 2.75) is 52.0 Å². The number of hydrogen-bond donors (Lipinski definition) is 3. The van der Waals surface area contributed by atoms with Gasteiger partial charge >= 0.3 is 5.97 Å². The van der Waals surface area contributed by atoms with E-state index < -0.39 is 12.0 Å². The van der Waals surface area contributed by atoms with Crippen LogP contribution in [-0.2, 0) is 19.1 Å². The monoisotopic (exact) mass is 446 g/mol. The zero-order valence-electron chi connectivity index (χ0n) is 18.9. The molecule has 0 spiro atoms. The summed E-state index contributed by atoms with van der Waals surface area (Å²) in [6.07, 6.45) is 3.47. The van der Waals surface area contributed by atoms with E-state index in [1.54, 1.807) is 29.2 Å². The summed E-state index contributed by atoms with van der Waals surface area (Å²) >= 11 is 0. The van der Waals surface area contributed by atoms with Crippen molar-refractivity contribution in [3.05, 3.63) is 29.8 Å². The first-order valence-electron chi connectivity index (χ1n) is 11.3. The second kappa shape index (κ2) is 13.5. The van der Waals surface area contributed by atoms with E-state index in [0.717, 1.165) is 25.7 Å². The molecule has 1 unspecified atom stereocenters. The zero-order valence-corrected chi connectivity index (χ0v) is 18.9. The van der Waals surface area contributed by atoms with Crippen molar-refractivity contribution in [3.8, 4) is 0 Å². The lowest BCUT2D eigenvalue weighted by Gasteiger charge is -2.33. The van der Waals surface area contributed by atoms with Crippen molar-refractivity contribution in [2.75, 3.05) is 38.1 Å². The van der Waals surface area contributed by atoms with E-state index in [-0.39, 0.29) is 30.7 Å². The molecule has 1 atom stereocenters. The molecular formula is C23H34N4O5. The highest BCUT2D eigenvalue weighted by atomic mass is 16.5. The van der Waals surface area contributed by atoms with E-state index in [4.69, 9.17) is 4.74 Å². The molecule has 1 fully saturated rings. The van der Waals surface area contributed by atoms with Crippen molar-refractivity contribution in [2.24, 2.45) is 0 Å². The minimum atomic E-state index is -0.751. The summed E-state index contributed by atoms with van der Waals surface area (Å²) in [6, 6.07) is 5.95. The maximum atomic E-state index is 12.6. The molecule has 176 valence electrons. The molecule has 0 radical (unpaired) electrons. The minimum Gasteiger partial charge on any atom is -0.466 e. The molecule has 1 heterocycles. The van der Waals surface area contributed by atoms with Crippen LogP contribution in [0.1, 0.15) is 56.3 Å². The van der Waals surface area contributed by atoms with Crippen LogP contribution in [0, 0.1) is 0 Å². The fourth-order valence-corrected chi connectivity index (χ4v) is 3.32. The Hall–Kier alpha value is -2.94. The maximum absolute atomic E-state index is 12.6. The van der Waals surface area contributed by atoms with Crippen LogP contribution in [0.15, 0.2) is 24.3 Å². The molecule has 0 saturated carbocycles. The predicted octanol–water partition coefficient (Wildman–Crippen LogP) is 1.69. The summed E-state index contributed by atoms with van der Waals surface area (Å²) in [5.74, 6) is -1.26. The van der Waals surface area contributed by atoms with Gasteiger partial charge in [0.25, 0.3) is 5.91 Å². The van der Waals surface area contributed by atoms with E-state index in [2.05, 4.69) is 16.0 Å². The van der Waals surface area contributed by atoms with Gasteiger partial charge in [0.15, 0.2) is 0 Å². The number of carbonyl (C=O) groups excluding carboxylic acids is 4. The number of benzene rings is 1. The Bertz CT molecular complexity index is 798. The lowest BCUT2D eigenvalue weighted by molar-refractivity contribution is -0.149. The number of ether oxygens (including phenoxy) is 1. The van der Waals surface area contributed by atoms with Gasteiger partial charge in [-0.1, -0.05) is 32.8 Å². The first-order valence-corrected chi connectivity index (χ1v) is 11.3. The lowest BCUT2D eigenvalue weighted by atomic mass is 10.1. The number of nitrogens with zero attached hydrogens (tertiary/aromatic N) is 1. The molecule has 3 amide bonds. The van der Waals surface area contributed by atoms with Gasteiger partial charge in [-0.3, -0.25) is 24.1 Å². The smallest absolute Gasteiger partial charge is 0.307 e. The number of nitrogens with one attached hydrogen (secondary N) is 3. The van der Waals surface area contributed by atoms with Gasteiger partial charge < -0.3 is 20.7 Å². The third kappa shape index (κ3) is 8.30. The highest BCUT2D eigenvalue weighted by Crippen LogP contribution is 2.13. The van der Waals surface area contributed by atoms with E-state index in [0.29, 0.717) is 37.5 Å². The maximum Gasteiger partial charge on any atom is 0.307 e. The van der Waals surface area contributed by atoms with Crippen LogP contribution in [0.5, 0.6) is 0 Å². The number of unbranched alkanes of at least 4 members (excludes halogenated alkanes) is 2. The van der Waals surface area contributed by atoms with Gasteiger partial charge in [0.2, 0.25) is 11.8 Å². The van der Waals surface area contributed by atoms with Gasteiger partial charge in [-0.05, 0) is 31.0 Å². The highest BCUT2D eigenvalue weighted by molar-refractivity contribution is 5.98. The number of esters is 1. The Labute approximate surface area is 189 Å². The highest BCUT2D eigenvalue weighted by Gasteiger charge is 2.33. The number of carbonyl (C=O) groups is 4. The third-order valence-electron chi connectivity index (χ3n) is 5.13. The van der Waals surface area contributed by atoms with Crippen LogP contribution in [0.3, 0.4) is 0 Å². The molecule has 32 heavy (non-hydrogen) atoms. The van der Waals surface area contributed by atoms with Gasteiger partial charge in [0, 0.05) is 30.9 Å². The summed E-state index contributed by atoms with van der Waals surface area (Å²) in [5, 5.41) is 8.35. The fraction of sp³-hybridized carbons (Fsp3) is 0.565. The number of piperazine rings is 1. The normalized spacial score (nSPS) is 16.2. The molecule has 9 nitrogen and oxygen atoms in total. The zero-order chi connectivity index (χ0) is 23.3. The van der Waals surface area contributed by atoms with E-state index in [9.17, 15) is 19.2 Å². The van der Waals surface area contributed by atoms with Gasteiger partial charge in [-0.2, -0.15) is 0 Å². The average molecular weight is 447 g/mol. The van der Waals surface area contributed by atoms with Crippen molar-refractivity contribution >= 4 is 29.4 Å². The van der Waals surface area contributed by atoms with Crippen molar-refractivity contribution in [1.82, 2.24) is 15.5 Å². The van der Waals surface area contributed by atoms with Crippen LogP contribution in [0.2, 0.25) is 0 Å². The first-order chi connectivity index (χ1) is 15.4. The van der Waals surface area contributed by atoms with E-state index >= 15 is 0 Å². The molecule has 1 aromatic rings. The van der Waals surface area contributed by atoms with E-state index in [1.807, 2.05) is 13.8 Å². The topological polar surface area (TPSA) is 117 Å². The molecule has 0 bridgehead atoms. The first kappa shape index (κ1) is 25.3. The van der Waals surface area contributed by atoms with Crippen LogP contribution < -0.4 is 16.0 Å². The number of anilines is 1. The molecule has 1 aliphatic heterocycles. The predicted molar refractivity (Wildman–Crippen MR) is 121 cm³/mol. The van der Waals surface area contributed by atoms with Gasteiger partial charge in [-0.15, -0.1) is 0 Å². The molecule has 2 rings (SSSR count). The van der Waals surface area contributed by atoms with E-state index in [1.165, 1.54) is 0 Å². The molecule has 3 N–H and O–H groups in total. The summed E-state index contributed by atoms with van der Waals surface area (Å²) in [5.41, 5.74) is 0.957. The van der Waals surface area contributed by atoms with Crippen molar-refractivity contribution < 1.29 is 23.9 Å². The largest absolute Gasteiger partial charge is 0.466 e. The fourth-order valence-electron chi connectivity index (χ4n) is 3.32. The molecule has 9 heteroatoms.